The van der Waals surface area contributed by atoms with E-state index in [1.54, 1.807) is 25.3 Å². The molecule has 0 saturated heterocycles. The van der Waals surface area contributed by atoms with E-state index in [0.717, 1.165) is 29.7 Å². The maximum Gasteiger partial charge on any atom is 0.255 e. The van der Waals surface area contributed by atoms with Crippen LogP contribution in [0.25, 0.3) is 0 Å². The van der Waals surface area contributed by atoms with Gasteiger partial charge in [0, 0.05) is 11.3 Å². The molecule has 1 amide bonds. The van der Waals surface area contributed by atoms with Crippen LogP contribution in [-0.2, 0) is 0 Å². The Hall–Kier alpha value is -2.49. The Labute approximate surface area is 143 Å². The highest BCUT2D eigenvalue weighted by Gasteiger charge is 2.12. The minimum absolute atomic E-state index is 0.165. The van der Waals surface area contributed by atoms with Gasteiger partial charge < -0.3 is 14.8 Å². The average Bonchev–Trinajstić information content (AvgIpc) is 2.59. The topological polar surface area (TPSA) is 47.6 Å². The zero-order chi connectivity index (χ0) is 17.5. The summed E-state index contributed by atoms with van der Waals surface area (Å²) < 4.78 is 11.1. The van der Waals surface area contributed by atoms with Crippen molar-refractivity contribution in [2.45, 2.75) is 33.6 Å². The fourth-order valence-corrected chi connectivity index (χ4v) is 2.34. The van der Waals surface area contributed by atoms with Crippen molar-refractivity contribution in [3.63, 3.8) is 0 Å². The van der Waals surface area contributed by atoms with Gasteiger partial charge >= 0.3 is 0 Å². The minimum Gasteiger partial charge on any atom is -0.493 e. The summed E-state index contributed by atoms with van der Waals surface area (Å²) in [7, 11) is 1.58. The lowest BCUT2D eigenvalue weighted by atomic mass is 10.1. The second kappa shape index (κ2) is 8.39. The first-order chi connectivity index (χ1) is 11.6. The van der Waals surface area contributed by atoms with Crippen LogP contribution < -0.4 is 14.8 Å². The van der Waals surface area contributed by atoms with E-state index < -0.39 is 0 Å². The van der Waals surface area contributed by atoms with E-state index in [9.17, 15) is 4.79 Å². The number of carbonyl (C=O) groups is 1. The molecule has 0 aliphatic carbocycles. The minimum atomic E-state index is -0.165. The van der Waals surface area contributed by atoms with Crippen LogP contribution in [-0.4, -0.2) is 19.6 Å². The first-order valence-corrected chi connectivity index (χ1v) is 8.25. The van der Waals surface area contributed by atoms with Gasteiger partial charge in [-0.25, -0.2) is 0 Å². The Kier molecular flexibility index (Phi) is 6.24. The molecule has 2 rings (SSSR count). The fraction of sp³-hybridized carbons (Fsp3) is 0.350. The maximum atomic E-state index is 12.5. The number of hydrogen-bond acceptors (Lipinski definition) is 3. The van der Waals surface area contributed by atoms with Crippen molar-refractivity contribution >= 4 is 11.6 Å². The van der Waals surface area contributed by atoms with Crippen LogP contribution >= 0.6 is 0 Å². The molecule has 0 atom stereocenters. The van der Waals surface area contributed by atoms with Gasteiger partial charge in [0.2, 0.25) is 0 Å². The molecule has 0 aromatic heterocycles. The van der Waals surface area contributed by atoms with Crippen LogP contribution in [0, 0.1) is 13.8 Å². The van der Waals surface area contributed by atoms with Gasteiger partial charge in [-0.3, -0.25) is 4.79 Å². The van der Waals surface area contributed by atoms with Crippen LogP contribution in [0.2, 0.25) is 0 Å². The normalized spacial score (nSPS) is 10.3. The van der Waals surface area contributed by atoms with Gasteiger partial charge in [-0.1, -0.05) is 25.5 Å². The summed E-state index contributed by atoms with van der Waals surface area (Å²) in [6, 6.07) is 11.1. The van der Waals surface area contributed by atoms with Crippen molar-refractivity contribution in [2.75, 3.05) is 19.0 Å². The Morgan fingerprint density at radius 3 is 2.62 bits per heavy atom. The van der Waals surface area contributed by atoms with Crippen molar-refractivity contribution in [3.05, 3.63) is 53.1 Å². The molecule has 4 heteroatoms. The molecule has 128 valence electrons. The monoisotopic (exact) mass is 327 g/mol. The first-order valence-electron chi connectivity index (χ1n) is 8.25. The number of ether oxygens (including phenoxy) is 2. The predicted molar refractivity (Wildman–Crippen MR) is 97.3 cm³/mol. The third kappa shape index (κ3) is 4.28. The highest BCUT2D eigenvalue weighted by molar-refractivity contribution is 6.05. The van der Waals surface area contributed by atoms with Crippen LogP contribution in [0.3, 0.4) is 0 Å². The molecule has 4 nitrogen and oxygen atoms in total. The lowest BCUT2D eigenvalue weighted by Gasteiger charge is -2.13. The molecule has 24 heavy (non-hydrogen) atoms. The Balaban J connectivity index is 2.16. The van der Waals surface area contributed by atoms with E-state index in [-0.39, 0.29) is 5.91 Å². The molecule has 0 spiro atoms. The quantitative estimate of drug-likeness (QED) is 0.747. The summed E-state index contributed by atoms with van der Waals surface area (Å²) in [4.78, 5) is 12.5. The number of aryl methyl sites for hydroxylation is 1. The Morgan fingerprint density at radius 1 is 1.12 bits per heavy atom. The maximum absolute atomic E-state index is 12.5. The number of anilines is 1. The van der Waals surface area contributed by atoms with Crippen molar-refractivity contribution in [3.8, 4) is 11.5 Å². The predicted octanol–water partition coefficient (Wildman–Crippen LogP) is 4.74. The molecule has 1 N–H and O–H groups in total. The molecule has 2 aromatic rings. The van der Waals surface area contributed by atoms with Crippen molar-refractivity contribution in [1.82, 2.24) is 0 Å². The molecule has 0 fully saturated rings. The third-order valence-electron chi connectivity index (χ3n) is 4.03. The number of nitrogens with one attached hydrogen (secondary N) is 1. The van der Waals surface area contributed by atoms with Gasteiger partial charge in [0.1, 0.15) is 0 Å². The van der Waals surface area contributed by atoms with E-state index in [0.29, 0.717) is 23.7 Å². The second-order valence-corrected chi connectivity index (χ2v) is 5.77. The van der Waals surface area contributed by atoms with Crippen molar-refractivity contribution < 1.29 is 14.3 Å². The van der Waals surface area contributed by atoms with Gasteiger partial charge in [0.25, 0.3) is 5.91 Å². The standard InChI is InChI=1S/C20H25NO3/c1-5-6-12-24-18-11-10-16(13-19(18)23-4)20(22)21-17-9-7-8-14(2)15(17)3/h7-11,13H,5-6,12H2,1-4H3,(H,21,22). The summed E-state index contributed by atoms with van der Waals surface area (Å²) >= 11 is 0. The van der Waals surface area contributed by atoms with Crippen molar-refractivity contribution in [1.29, 1.82) is 0 Å². The van der Waals surface area contributed by atoms with E-state index in [4.69, 9.17) is 9.47 Å². The largest absolute Gasteiger partial charge is 0.493 e. The molecular formula is C20H25NO3. The van der Waals surface area contributed by atoms with Gasteiger partial charge in [0.05, 0.1) is 13.7 Å². The summed E-state index contributed by atoms with van der Waals surface area (Å²) in [6.07, 6.45) is 2.05. The summed E-state index contributed by atoms with van der Waals surface area (Å²) in [6.45, 7) is 6.77. The number of methoxy groups -OCH3 is 1. The van der Waals surface area contributed by atoms with Crippen LogP contribution in [0.5, 0.6) is 11.5 Å². The number of carbonyl (C=O) groups excluding carboxylic acids is 1. The smallest absolute Gasteiger partial charge is 0.255 e. The Bertz CT molecular complexity index is 710. The zero-order valence-electron chi connectivity index (χ0n) is 14.8. The van der Waals surface area contributed by atoms with Gasteiger partial charge in [-0.15, -0.1) is 0 Å². The molecule has 0 bridgehead atoms. The number of unbranched alkanes of at least 4 members (excludes halogenated alkanes) is 1. The Morgan fingerprint density at radius 2 is 1.92 bits per heavy atom. The molecule has 0 aliphatic rings. The summed E-state index contributed by atoms with van der Waals surface area (Å²) in [5.74, 6) is 1.07. The molecule has 0 saturated carbocycles. The average molecular weight is 327 g/mol. The van der Waals surface area contributed by atoms with Gasteiger partial charge in [-0.05, 0) is 55.7 Å². The fourth-order valence-electron chi connectivity index (χ4n) is 2.34. The number of rotatable bonds is 7. The van der Waals surface area contributed by atoms with Gasteiger partial charge in [-0.2, -0.15) is 0 Å². The summed E-state index contributed by atoms with van der Waals surface area (Å²) in [5.41, 5.74) is 3.57. The van der Waals surface area contributed by atoms with Crippen LogP contribution in [0.1, 0.15) is 41.3 Å². The van der Waals surface area contributed by atoms with E-state index in [1.807, 2.05) is 32.0 Å². The third-order valence-corrected chi connectivity index (χ3v) is 4.03. The molecule has 2 aromatic carbocycles. The van der Waals surface area contributed by atoms with E-state index in [1.165, 1.54) is 0 Å². The first kappa shape index (κ1) is 17.9. The number of amides is 1. The highest BCUT2D eigenvalue weighted by atomic mass is 16.5. The van der Waals surface area contributed by atoms with Crippen LogP contribution in [0.15, 0.2) is 36.4 Å². The number of benzene rings is 2. The SMILES string of the molecule is CCCCOc1ccc(C(=O)Nc2cccc(C)c2C)cc1OC. The van der Waals surface area contributed by atoms with E-state index in [2.05, 4.69) is 12.2 Å². The highest BCUT2D eigenvalue weighted by Crippen LogP contribution is 2.29. The lowest BCUT2D eigenvalue weighted by molar-refractivity contribution is 0.102. The molecule has 0 radical (unpaired) electrons. The van der Waals surface area contributed by atoms with E-state index >= 15 is 0 Å². The number of hydrogen-bond donors (Lipinski definition) is 1. The molecule has 0 unspecified atom stereocenters. The van der Waals surface area contributed by atoms with Crippen LogP contribution in [0.4, 0.5) is 5.69 Å². The second-order valence-electron chi connectivity index (χ2n) is 5.77. The molecule has 0 heterocycles. The van der Waals surface area contributed by atoms with Gasteiger partial charge in [0.15, 0.2) is 11.5 Å². The zero-order valence-corrected chi connectivity index (χ0v) is 14.8. The summed E-state index contributed by atoms with van der Waals surface area (Å²) in [5, 5.41) is 2.96. The molecular weight excluding hydrogens is 302 g/mol. The molecule has 0 aliphatic heterocycles. The van der Waals surface area contributed by atoms with Crippen molar-refractivity contribution in [2.24, 2.45) is 0 Å². The lowest BCUT2D eigenvalue weighted by Crippen LogP contribution is -2.13.